The maximum absolute atomic E-state index is 12.4. The molecule has 2 aliphatic heterocycles. The molecule has 4 rings (SSSR count). The topological polar surface area (TPSA) is 35.5 Å². The number of fused-ring (bicyclic) bond motifs is 2. The number of ether oxygens (including phenoxy) is 2. The summed E-state index contributed by atoms with van der Waals surface area (Å²) in [5.74, 6) is 2.06. The molecule has 112 valence electrons. The fraction of sp³-hybridized carbons (Fsp3) is 0.316. The molecule has 0 amide bonds. The van der Waals surface area contributed by atoms with Gasteiger partial charge in [0.1, 0.15) is 17.6 Å². The van der Waals surface area contributed by atoms with Gasteiger partial charge in [0.2, 0.25) is 0 Å². The molecule has 3 nitrogen and oxygen atoms in total. The number of para-hydroxylation sites is 1. The number of ketones is 1. The highest BCUT2D eigenvalue weighted by molar-refractivity contribution is 6.00. The summed E-state index contributed by atoms with van der Waals surface area (Å²) in [7, 11) is 0. The Morgan fingerprint density at radius 2 is 1.91 bits per heavy atom. The fourth-order valence-electron chi connectivity index (χ4n) is 3.32. The zero-order chi connectivity index (χ0) is 15.1. The van der Waals surface area contributed by atoms with Crippen LogP contribution in [-0.2, 0) is 6.42 Å². The maximum Gasteiger partial charge on any atom is 0.170 e. The Kier molecular flexibility index (Phi) is 3.14. The summed E-state index contributed by atoms with van der Waals surface area (Å²) in [5, 5.41) is 0. The minimum absolute atomic E-state index is 0.101. The van der Waals surface area contributed by atoms with Gasteiger partial charge in [-0.2, -0.15) is 0 Å². The van der Waals surface area contributed by atoms with Crippen LogP contribution in [0.25, 0.3) is 0 Å². The quantitative estimate of drug-likeness (QED) is 0.806. The summed E-state index contributed by atoms with van der Waals surface area (Å²) in [4.78, 5) is 12.4. The molecule has 2 unspecified atom stereocenters. The second-order valence-corrected chi connectivity index (χ2v) is 6.17. The zero-order valence-electron chi connectivity index (χ0n) is 12.5. The van der Waals surface area contributed by atoms with Gasteiger partial charge in [-0.05, 0) is 37.1 Å². The highest BCUT2D eigenvalue weighted by Crippen LogP contribution is 2.35. The minimum atomic E-state index is -0.101. The Morgan fingerprint density at radius 3 is 2.82 bits per heavy atom. The maximum atomic E-state index is 12.4. The summed E-state index contributed by atoms with van der Waals surface area (Å²) in [6, 6.07) is 13.9. The van der Waals surface area contributed by atoms with Crippen LogP contribution >= 0.6 is 0 Å². The standard InChI is InChI=1S/C19H18O3/c1-12-6-7-18-15(8-12)16(20)10-19(22-18)14-9-13-4-2-3-5-17(13)21-11-14/h2-8,14,19H,9-11H2,1H3. The molecule has 0 saturated heterocycles. The van der Waals surface area contributed by atoms with Crippen LogP contribution in [0.1, 0.15) is 27.9 Å². The van der Waals surface area contributed by atoms with Crippen molar-refractivity contribution in [3.63, 3.8) is 0 Å². The first-order chi connectivity index (χ1) is 10.7. The lowest BCUT2D eigenvalue weighted by atomic mass is 9.87. The van der Waals surface area contributed by atoms with Crippen molar-refractivity contribution in [3.8, 4) is 11.5 Å². The molecule has 0 aliphatic carbocycles. The summed E-state index contributed by atoms with van der Waals surface area (Å²) in [6.07, 6.45) is 1.23. The molecule has 0 bridgehead atoms. The Hall–Kier alpha value is -2.29. The van der Waals surface area contributed by atoms with Gasteiger partial charge >= 0.3 is 0 Å². The molecule has 2 heterocycles. The predicted octanol–water partition coefficient (Wildman–Crippen LogP) is 3.58. The number of Topliss-reactive ketones (excluding diaryl/α,β-unsaturated/α-hetero) is 1. The third kappa shape index (κ3) is 2.27. The van der Waals surface area contributed by atoms with Crippen molar-refractivity contribution in [3.05, 3.63) is 59.2 Å². The van der Waals surface area contributed by atoms with Crippen LogP contribution in [0.3, 0.4) is 0 Å². The van der Waals surface area contributed by atoms with Crippen LogP contribution in [0.15, 0.2) is 42.5 Å². The molecule has 2 aromatic rings. The van der Waals surface area contributed by atoms with Crippen LogP contribution in [0, 0.1) is 12.8 Å². The molecule has 3 heteroatoms. The Balaban J connectivity index is 1.58. The van der Waals surface area contributed by atoms with Gasteiger partial charge in [-0.3, -0.25) is 4.79 Å². The van der Waals surface area contributed by atoms with Crippen LogP contribution in [-0.4, -0.2) is 18.5 Å². The van der Waals surface area contributed by atoms with Crippen LogP contribution in [0.5, 0.6) is 11.5 Å². The van der Waals surface area contributed by atoms with Gasteiger partial charge in [0, 0.05) is 12.3 Å². The molecule has 2 aliphatic rings. The lowest BCUT2D eigenvalue weighted by Gasteiger charge is -2.34. The molecule has 0 N–H and O–H groups in total. The van der Waals surface area contributed by atoms with E-state index >= 15 is 0 Å². The van der Waals surface area contributed by atoms with Gasteiger partial charge in [-0.1, -0.05) is 29.8 Å². The molecular formula is C19H18O3. The van der Waals surface area contributed by atoms with Crippen LogP contribution in [0.2, 0.25) is 0 Å². The van der Waals surface area contributed by atoms with E-state index in [1.807, 2.05) is 43.3 Å². The smallest absolute Gasteiger partial charge is 0.170 e. The molecule has 2 aromatic carbocycles. The number of carbonyl (C=O) groups is 1. The summed E-state index contributed by atoms with van der Waals surface area (Å²) >= 11 is 0. The summed E-state index contributed by atoms with van der Waals surface area (Å²) < 4.78 is 12.0. The van der Waals surface area contributed by atoms with E-state index in [1.54, 1.807) is 0 Å². The van der Waals surface area contributed by atoms with Crippen molar-refractivity contribution in [2.45, 2.75) is 25.9 Å². The van der Waals surface area contributed by atoms with Gasteiger partial charge in [0.25, 0.3) is 0 Å². The van der Waals surface area contributed by atoms with Gasteiger partial charge in [0.05, 0.1) is 12.2 Å². The van der Waals surface area contributed by atoms with Crippen molar-refractivity contribution in [1.29, 1.82) is 0 Å². The molecule has 0 aromatic heterocycles. The average Bonchev–Trinajstić information content (AvgIpc) is 2.55. The fourth-order valence-corrected chi connectivity index (χ4v) is 3.32. The highest BCUT2D eigenvalue weighted by Gasteiger charge is 2.35. The molecule has 22 heavy (non-hydrogen) atoms. The second kappa shape index (κ2) is 5.16. The molecule has 0 radical (unpaired) electrons. The number of rotatable bonds is 1. The van der Waals surface area contributed by atoms with Gasteiger partial charge in [0.15, 0.2) is 5.78 Å². The van der Waals surface area contributed by atoms with E-state index in [4.69, 9.17) is 9.47 Å². The zero-order valence-corrected chi connectivity index (χ0v) is 12.5. The molecule has 2 atom stereocenters. The monoisotopic (exact) mass is 294 g/mol. The van der Waals surface area contributed by atoms with Gasteiger partial charge in [-0.15, -0.1) is 0 Å². The lowest BCUT2D eigenvalue weighted by molar-refractivity contribution is 0.0566. The number of benzene rings is 2. The van der Waals surface area contributed by atoms with Gasteiger partial charge < -0.3 is 9.47 Å². The molecule has 0 spiro atoms. The average molecular weight is 294 g/mol. The summed E-state index contributed by atoms with van der Waals surface area (Å²) in [6.45, 7) is 2.60. The van der Waals surface area contributed by atoms with Crippen LogP contribution in [0.4, 0.5) is 0 Å². The first-order valence-electron chi connectivity index (χ1n) is 7.72. The van der Waals surface area contributed by atoms with E-state index in [9.17, 15) is 4.79 Å². The largest absolute Gasteiger partial charge is 0.493 e. The van der Waals surface area contributed by atoms with Crippen molar-refractivity contribution >= 4 is 5.78 Å². The van der Waals surface area contributed by atoms with Crippen molar-refractivity contribution in [2.24, 2.45) is 5.92 Å². The van der Waals surface area contributed by atoms with E-state index < -0.39 is 0 Å². The Morgan fingerprint density at radius 1 is 1.05 bits per heavy atom. The SMILES string of the molecule is Cc1ccc2c(c1)C(=O)CC(C1COc3ccccc3C1)O2. The first kappa shape index (κ1) is 13.4. The number of hydrogen-bond acceptors (Lipinski definition) is 3. The van der Waals surface area contributed by atoms with Gasteiger partial charge in [-0.25, -0.2) is 0 Å². The third-order valence-electron chi connectivity index (χ3n) is 4.53. The van der Waals surface area contributed by atoms with E-state index in [-0.39, 0.29) is 17.8 Å². The molecule has 0 saturated carbocycles. The Bertz CT molecular complexity index is 735. The van der Waals surface area contributed by atoms with Crippen molar-refractivity contribution in [2.75, 3.05) is 6.61 Å². The normalized spacial score (nSPS) is 23.0. The van der Waals surface area contributed by atoms with Crippen molar-refractivity contribution < 1.29 is 14.3 Å². The van der Waals surface area contributed by atoms with Crippen LogP contribution < -0.4 is 9.47 Å². The summed E-state index contributed by atoms with van der Waals surface area (Å²) in [5.41, 5.74) is 3.00. The Labute approximate surface area is 129 Å². The van der Waals surface area contributed by atoms with E-state index in [1.165, 1.54) is 5.56 Å². The van der Waals surface area contributed by atoms with Crippen molar-refractivity contribution in [1.82, 2.24) is 0 Å². The number of hydrogen-bond donors (Lipinski definition) is 0. The van der Waals surface area contributed by atoms with E-state index in [0.29, 0.717) is 24.3 Å². The van der Waals surface area contributed by atoms with E-state index in [2.05, 4.69) is 6.07 Å². The predicted molar refractivity (Wildman–Crippen MR) is 83.7 cm³/mol. The number of carbonyl (C=O) groups excluding carboxylic acids is 1. The second-order valence-electron chi connectivity index (χ2n) is 6.17. The highest BCUT2D eigenvalue weighted by atomic mass is 16.5. The first-order valence-corrected chi connectivity index (χ1v) is 7.72. The molecule has 0 fully saturated rings. The number of aryl methyl sites for hydroxylation is 1. The lowest BCUT2D eigenvalue weighted by Crippen LogP contribution is -2.39. The third-order valence-corrected chi connectivity index (χ3v) is 4.53. The minimum Gasteiger partial charge on any atom is -0.493 e. The molecular weight excluding hydrogens is 276 g/mol. The van der Waals surface area contributed by atoms with E-state index in [0.717, 1.165) is 17.7 Å².